The van der Waals surface area contributed by atoms with Crippen molar-refractivity contribution in [2.24, 2.45) is 0 Å². The Morgan fingerprint density at radius 3 is 2.07 bits per heavy atom. The summed E-state index contributed by atoms with van der Waals surface area (Å²) in [5.74, 6) is -0.582. The van der Waals surface area contributed by atoms with E-state index in [0.29, 0.717) is 18.4 Å². The van der Waals surface area contributed by atoms with Crippen LogP contribution >= 0.6 is 27.2 Å². The number of aromatic nitrogens is 2. The molecule has 2 N–H and O–H groups in total. The molecule has 0 radical (unpaired) electrons. The van der Waals surface area contributed by atoms with Crippen molar-refractivity contribution >= 4 is 27.2 Å². The van der Waals surface area contributed by atoms with Gasteiger partial charge in [0.15, 0.2) is 11.6 Å². The standard InChI is InChI=1S/C28H37FN2O7P2S/c1-17-18(2)36-39(32,35-17)28(6,40(33)37-19(3)20(4)38-40)23-9-10-24(29)26(16-23)34-15-7-8-25-21(5)41-27(31-25)22-11-13-30-14-12-22/h9-14,16-20,32-33H,7-8,15H2,1-6H3/q+2. The largest absolute Gasteiger partial charge is 0.490 e. The van der Waals surface area contributed by atoms with Gasteiger partial charge in [-0.05, 0) is 77.8 Å². The van der Waals surface area contributed by atoms with Gasteiger partial charge in [0.05, 0.1) is 17.9 Å². The lowest BCUT2D eigenvalue weighted by molar-refractivity contribution is 0.187. The van der Waals surface area contributed by atoms with E-state index in [1.807, 2.05) is 19.1 Å². The third kappa shape index (κ3) is 5.69. The van der Waals surface area contributed by atoms with Crippen LogP contribution in [0.3, 0.4) is 0 Å². The maximum Gasteiger partial charge on any atom is 0.468 e. The molecule has 9 nitrogen and oxygen atoms in total. The summed E-state index contributed by atoms with van der Waals surface area (Å²) in [4.78, 5) is 32.0. The fourth-order valence-corrected chi connectivity index (χ4v) is 11.9. The van der Waals surface area contributed by atoms with Gasteiger partial charge in [-0.3, -0.25) is 4.98 Å². The average Bonchev–Trinajstić information content (AvgIpc) is 3.54. The van der Waals surface area contributed by atoms with Crippen molar-refractivity contribution in [3.8, 4) is 16.3 Å². The van der Waals surface area contributed by atoms with E-state index < -0.39 is 51.0 Å². The quantitative estimate of drug-likeness (QED) is 0.192. The van der Waals surface area contributed by atoms with Crippen LogP contribution in [0.5, 0.6) is 5.75 Å². The fourth-order valence-electron chi connectivity index (χ4n) is 4.80. The highest BCUT2D eigenvalue weighted by atomic mass is 32.1. The third-order valence-corrected chi connectivity index (χ3v) is 15.5. The molecular formula is C28H37FN2O7P2S+2. The Morgan fingerprint density at radius 2 is 1.51 bits per heavy atom. The monoisotopic (exact) mass is 626 g/mol. The molecule has 5 rings (SSSR count). The molecule has 0 aliphatic carbocycles. The van der Waals surface area contributed by atoms with Crippen molar-refractivity contribution in [1.82, 2.24) is 9.97 Å². The summed E-state index contributed by atoms with van der Waals surface area (Å²) in [7, 11) is -7.64. The highest BCUT2D eigenvalue weighted by Crippen LogP contribution is 2.92. The number of pyridine rings is 1. The van der Waals surface area contributed by atoms with Crippen LogP contribution in [0.2, 0.25) is 0 Å². The van der Waals surface area contributed by atoms with E-state index in [2.05, 4.69) is 4.98 Å². The summed E-state index contributed by atoms with van der Waals surface area (Å²) in [6, 6.07) is 8.06. The van der Waals surface area contributed by atoms with E-state index in [1.54, 1.807) is 58.3 Å². The van der Waals surface area contributed by atoms with Gasteiger partial charge in [-0.1, -0.05) is 0 Å². The van der Waals surface area contributed by atoms with Crippen LogP contribution in [0.25, 0.3) is 10.6 Å². The van der Waals surface area contributed by atoms with E-state index in [0.717, 1.165) is 21.1 Å². The third-order valence-electron chi connectivity index (χ3n) is 7.77. The molecule has 13 heteroatoms. The molecule has 4 heterocycles. The minimum absolute atomic E-state index is 0.0139. The molecule has 2 saturated heterocycles. The first-order valence-electron chi connectivity index (χ1n) is 13.6. The summed E-state index contributed by atoms with van der Waals surface area (Å²) in [6.45, 7) is 11.0. The molecule has 2 aliphatic rings. The van der Waals surface area contributed by atoms with Gasteiger partial charge in [-0.15, -0.1) is 11.3 Å². The topological polar surface area (TPSA) is 112 Å². The van der Waals surface area contributed by atoms with E-state index >= 15 is 0 Å². The minimum Gasteiger partial charge on any atom is -0.490 e. The first kappa shape index (κ1) is 30.8. The molecule has 2 aromatic heterocycles. The number of ether oxygens (including phenoxy) is 1. The first-order chi connectivity index (χ1) is 19.4. The van der Waals surface area contributed by atoms with E-state index in [4.69, 9.17) is 27.8 Å². The SMILES string of the molecule is Cc1sc(-c2ccncc2)nc1CCCOc1cc(C(C)([P+]2(O)OC(C)C(C)O2)[P+]2(O)OC(C)C(C)O2)ccc1F. The Bertz CT molecular complexity index is 1330. The van der Waals surface area contributed by atoms with Crippen molar-refractivity contribution in [2.45, 2.75) is 83.7 Å². The average molecular weight is 627 g/mol. The van der Waals surface area contributed by atoms with Crippen molar-refractivity contribution in [1.29, 1.82) is 0 Å². The van der Waals surface area contributed by atoms with Crippen molar-refractivity contribution in [3.63, 3.8) is 0 Å². The van der Waals surface area contributed by atoms with Gasteiger partial charge in [-0.25, -0.2) is 9.37 Å². The van der Waals surface area contributed by atoms with E-state index in [9.17, 15) is 14.2 Å². The number of halogens is 1. The van der Waals surface area contributed by atoms with Gasteiger partial charge < -0.3 is 4.74 Å². The summed E-state index contributed by atoms with van der Waals surface area (Å²) in [5, 5.41) is 0.932. The lowest BCUT2D eigenvalue weighted by atomic mass is 10.1. The van der Waals surface area contributed by atoms with Gasteiger partial charge in [0.1, 0.15) is 29.4 Å². The van der Waals surface area contributed by atoms with E-state index in [1.165, 1.54) is 18.2 Å². The van der Waals surface area contributed by atoms with Crippen LogP contribution in [0.4, 0.5) is 4.39 Å². The van der Waals surface area contributed by atoms with Gasteiger partial charge >= 0.3 is 20.8 Å². The fraction of sp³-hybridized carbons (Fsp3) is 0.500. The molecule has 1 aromatic carbocycles. The predicted octanol–water partition coefficient (Wildman–Crippen LogP) is 6.99. The molecule has 0 saturated carbocycles. The zero-order chi connectivity index (χ0) is 29.6. The van der Waals surface area contributed by atoms with Crippen molar-refractivity contribution in [3.05, 3.63) is 64.7 Å². The van der Waals surface area contributed by atoms with Crippen molar-refractivity contribution in [2.75, 3.05) is 6.61 Å². The van der Waals surface area contributed by atoms with Crippen LogP contribution in [0.1, 0.15) is 57.2 Å². The Balaban J connectivity index is 1.36. The normalized spacial score (nSPS) is 31.3. The highest BCUT2D eigenvalue weighted by molar-refractivity contribution is 7.80. The molecule has 2 aliphatic heterocycles. The molecule has 41 heavy (non-hydrogen) atoms. The Hall–Kier alpha value is -1.65. The molecule has 2 fully saturated rings. The highest BCUT2D eigenvalue weighted by Gasteiger charge is 2.86. The van der Waals surface area contributed by atoms with Crippen LogP contribution in [0.15, 0.2) is 42.7 Å². The Kier molecular flexibility index (Phi) is 8.86. The Morgan fingerprint density at radius 1 is 0.951 bits per heavy atom. The van der Waals surface area contributed by atoms with Crippen LogP contribution in [-0.4, -0.2) is 50.8 Å². The molecular weight excluding hydrogens is 589 g/mol. The zero-order valence-corrected chi connectivity index (χ0v) is 26.6. The van der Waals surface area contributed by atoms with Crippen LogP contribution < -0.4 is 4.74 Å². The Labute approximate surface area is 245 Å². The number of thiazole rings is 1. The predicted molar refractivity (Wildman–Crippen MR) is 158 cm³/mol. The molecule has 4 atom stereocenters. The minimum atomic E-state index is -3.82. The maximum atomic E-state index is 15.0. The zero-order valence-electron chi connectivity index (χ0n) is 24.0. The van der Waals surface area contributed by atoms with Gasteiger partial charge in [0, 0.05) is 29.8 Å². The second kappa shape index (κ2) is 11.8. The summed E-state index contributed by atoms with van der Waals surface area (Å²) < 4.78 is 44.9. The second-order valence-corrected chi connectivity index (χ2v) is 16.9. The molecule has 0 bridgehead atoms. The second-order valence-electron chi connectivity index (χ2n) is 10.7. The summed E-state index contributed by atoms with van der Waals surface area (Å²) in [6.07, 6.45) is 3.04. The number of aryl methyl sites for hydroxylation is 2. The van der Waals surface area contributed by atoms with Crippen LogP contribution in [0, 0.1) is 12.7 Å². The van der Waals surface area contributed by atoms with Gasteiger partial charge in [0.2, 0.25) is 0 Å². The molecule has 0 spiro atoms. The summed E-state index contributed by atoms with van der Waals surface area (Å²) >= 11 is 1.62. The number of hydrogen-bond acceptors (Lipinski definition) is 10. The van der Waals surface area contributed by atoms with Gasteiger partial charge in [-0.2, -0.15) is 27.9 Å². The maximum absolute atomic E-state index is 15.0. The number of benzene rings is 1. The number of rotatable bonds is 9. The molecule has 4 unspecified atom stereocenters. The van der Waals surface area contributed by atoms with Crippen molar-refractivity contribution < 1.29 is 37.0 Å². The lowest BCUT2D eigenvalue weighted by Crippen LogP contribution is -2.31. The molecule has 222 valence electrons. The lowest BCUT2D eigenvalue weighted by Gasteiger charge is -2.32. The smallest absolute Gasteiger partial charge is 0.468 e. The molecule has 3 aromatic rings. The van der Waals surface area contributed by atoms with Crippen LogP contribution in [-0.2, 0) is 29.4 Å². The molecule has 0 amide bonds. The number of nitrogens with zero attached hydrogens (tertiary/aromatic N) is 2. The summed E-state index contributed by atoms with van der Waals surface area (Å²) in [5.41, 5.74) is 2.34. The van der Waals surface area contributed by atoms with Gasteiger partial charge in [0.25, 0.3) is 0 Å². The van der Waals surface area contributed by atoms with E-state index in [-0.39, 0.29) is 12.4 Å². The first-order valence-corrected chi connectivity index (χ1v) is 17.6. The number of hydrogen-bond donors (Lipinski definition) is 2.